The highest BCUT2D eigenvalue weighted by atomic mass is 16.4. The summed E-state index contributed by atoms with van der Waals surface area (Å²) in [5.41, 5.74) is 0. The number of aliphatic carboxylic acids is 1. The van der Waals surface area contributed by atoms with Crippen LogP contribution in [0.3, 0.4) is 0 Å². The minimum absolute atomic E-state index is 0.143. The van der Waals surface area contributed by atoms with Gasteiger partial charge in [-0.3, -0.25) is 4.79 Å². The van der Waals surface area contributed by atoms with Crippen LogP contribution in [-0.4, -0.2) is 35.6 Å². The van der Waals surface area contributed by atoms with E-state index in [1.165, 1.54) is 12.8 Å². The zero-order valence-electron chi connectivity index (χ0n) is 11.8. The molecule has 0 saturated carbocycles. The van der Waals surface area contributed by atoms with E-state index in [2.05, 4.69) is 10.6 Å². The lowest BCUT2D eigenvalue weighted by Crippen LogP contribution is -2.41. The molecule has 0 aromatic carbocycles. The number of nitrogens with one attached hydrogen (secondary N) is 2. The molecule has 0 aromatic rings. The molecule has 0 aliphatic carbocycles. The molecular formula is C14H26N2O3. The first-order chi connectivity index (χ1) is 9.13. The van der Waals surface area contributed by atoms with E-state index in [0.717, 1.165) is 32.2 Å². The summed E-state index contributed by atoms with van der Waals surface area (Å²) in [6, 6.07) is -0.315. The normalized spacial score (nSPS) is 20.8. The summed E-state index contributed by atoms with van der Waals surface area (Å²) < 4.78 is 0. The first kappa shape index (κ1) is 16.0. The van der Waals surface area contributed by atoms with Crippen LogP contribution in [0.5, 0.6) is 0 Å². The van der Waals surface area contributed by atoms with Crippen LogP contribution in [-0.2, 0) is 9.59 Å². The highest BCUT2D eigenvalue weighted by Gasteiger charge is 2.20. The van der Waals surface area contributed by atoms with E-state index in [0.29, 0.717) is 18.9 Å². The predicted molar refractivity (Wildman–Crippen MR) is 74.0 cm³/mol. The second kappa shape index (κ2) is 8.91. The summed E-state index contributed by atoms with van der Waals surface area (Å²) in [6.07, 6.45) is 7.02. The van der Waals surface area contributed by atoms with Crippen LogP contribution in [0.25, 0.3) is 0 Å². The van der Waals surface area contributed by atoms with E-state index >= 15 is 0 Å². The van der Waals surface area contributed by atoms with Crippen molar-refractivity contribution < 1.29 is 14.7 Å². The third-order valence-electron chi connectivity index (χ3n) is 3.61. The van der Waals surface area contributed by atoms with Crippen LogP contribution < -0.4 is 10.6 Å². The Morgan fingerprint density at radius 1 is 1.42 bits per heavy atom. The monoisotopic (exact) mass is 270 g/mol. The third-order valence-corrected chi connectivity index (χ3v) is 3.61. The Morgan fingerprint density at radius 2 is 2.21 bits per heavy atom. The number of hydrogen-bond donors (Lipinski definition) is 3. The standard InChI is InChI=1S/C14H26N2O3/c1-2-3-7-12(14(18)19)16-13(17)9-8-11-6-4-5-10-15-11/h11-12,15H,2-10H2,1H3,(H,16,17)(H,18,19)/t11?,12-/m0/s1. The quantitative estimate of drug-likeness (QED) is 0.627. The number of amides is 1. The molecule has 1 amide bonds. The SMILES string of the molecule is CCCC[C@H](NC(=O)CCC1CCCCN1)C(=O)O. The van der Waals surface area contributed by atoms with Crippen molar-refractivity contribution in [2.45, 2.75) is 70.4 Å². The highest BCUT2D eigenvalue weighted by Crippen LogP contribution is 2.11. The molecular weight excluding hydrogens is 244 g/mol. The van der Waals surface area contributed by atoms with Crippen molar-refractivity contribution in [3.8, 4) is 0 Å². The average Bonchev–Trinajstić information content (AvgIpc) is 2.42. The second-order valence-corrected chi connectivity index (χ2v) is 5.29. The Hall–Kier alpha value is -1.10. The van der Waals surface area contributed by atoms with Crippen molar-refractivity contribution >= 4 is 11.9 Å². The van der Waals surface area contributed by atoms with E-state index in [1.54, 1.807) is 0 Å². The van der Waals surface area contributed by atoms with Crippen LogP contribution in [0.15, 0.2) is 0 Å². The molecule has 2 atom stereocenters. The van der Waals surface area contributed by atoms with E-state index in [4.69, 9.17) is 5.11 Å². The van der Waals surface area contributed by atoms with Crippen LogP contribution in [0.2, 0.25) is 0 Å². The number of rotatable bonds is 8. The molecule has 1 fully saturated rings. The topological polar surface area (TPSA) is 78.4 Å². The molecule has 1 aliphatic rings. The second-order valence-electron chi connectivity index (χ2n) is 5.29. The van der Waals surface area contributed by atoms with Crippen LogP contribution >= 0.6 is 0 Å². The highest BCUT2D eigenvalue weighted by molar-refractivity contribution is 5.83. The van der Waals surface area contributed by atoms with Crippen molar-refractivity contribution in [3.63, 3.8) is 0 Å². The van der Waals surface area contributed by atoms with Gasteiger partial charge in [0, 0.05) is 12.5 Å². The Balaban J connectivity index is 2.25. The molecule has 1 heterocycles. The number of carbonyl (C=O) groups is 2. The zero-order valence-corrected chi connectivity index (χ0v) is 11.8. The van der Waals surface area contributed by atoms with Gasteiger partial charge in [0.1, 0.15) is 6.04 Å². The molecule has 0 radical (unpaired) electrons. The molecule has 19 heavy (non-hydrogen) atoms. The summed E-state index contributed by atoms with van der Waals surface area (Å²) in [6.45, 7) is 3.04. The lowest BCUT2D eigenvalue weighted by Gasteiger charge is -2.23. The van der Waals surface area contributed by atoms with Gasteiger partial charge in [-0.1, -0.05) is 26.2 Å². The number of unbranched alkanes of at least 4 members (excludes halogenated alkanes) is 1. The Bertz CT molecular complexity index is 288. The number of piperidine rings is 1. The maximum absolute atomic E-state index is 11.8. The van der Waals surface area contributed by atoms with E-state index in [1.807, 2.05) is 6.92 Å². The van der Waals surface area contributed by atoms with E-state index < -0.39 is 12.0 Å². The summed E-state index contributed by atoms with van der Waals surface area (Å²) in [4.78, 5) is 22.8. The molecule has 1 unspecified atom stereocenters. The summed E-state index contributed by atoms with van der Waals surface area (Å²) in [5.74, 6) is -1.08. The fourth-order valence-electron chi connectivity index (χ4n) is 2.41. The van der Waals surface area contributed by atoms with Crippen molar-refractivity contribution in [1.82, 2.24) is 10.6 Å². The lowest BCUT2D eigenvalue weighted by molar-refractivity contribution is -0.142. The van der Waals surface area contributed by atoms with Gasteiger partial charge in [-0.15, -0.1) is 0 Å². The van der Waals surface area contributed by atoms with Crippen molar-refractivity contribution in [2.75, 3.05) is 6.54 Å². The zero-order chi connectivity index (χ0) is 14.1. The summed E-state index contributed by atoms with van der Waals surface area (Å²) in [5, 5.41) is 15.1. The van der Waals surface area contributed by atoms with Gasteiger partial charge in [-0.25, -0.2) is 4.79 Å². The Morgan fingerprint density at radius 3 is 2.79 bits per heavy atom. The van der Waals surface area contributed by atoms with E-state index in [-0.39, 0.29) is 5.91 Å². The van der Waals surface area contributed by atoms with Crippen molar-refractivity contribution in [1.29, 1.82) is 0 Å². The summed E-state index contributed by atoms with van der Waals surface area (Å²) >= 11 is 0. The van der Waals surface area contributed by atoms with Crippen molar-refractivity contribution in [3.05, 3.63) is 0 Å². The molecule has 1 aliphatic heterocycles. The summed E-state index contributed by atoms with van der Waals surface area (Å²) in [7, 11) is 0. The maximum Gasteiger partial charge on any atom is 0.326 e. The van der Waals surface area contributed by atoms with Crippen molar-refractivity contribution in [2.24, 2.45) is 0 Å². The minimum Gasteiger partial charge on any atom is -0.480 e. The molecule has 3 N–H and O–H groups in total. The number of carbonyl (C=O) groups excluding carboxylic acids is 1. The largest absolute Gasteiger partial charge is 0.480 e. The van der Waals surface area contributed by atoms with Gasteiger partial charge in [0.25, 0.3) is 0 Å². The number of carboxylic acids is 1. The minimum atomic E-state index is -0.933. The smallest absolute Gasteiger partial charge is 0.326 e. The van der Waals surface area contributed by atoms with Gasteiger partial charge >= 0.3 is 5.97 Å². The molecule has 5 heteroatoms. The number of carboxylic acid groups (broad SMARTS) is 1. The molecule has 0 aromatic heterocycles. The van der Waals surface area contributed by atoms with Crippen LogP contribution in [0.1, 0.15) is 58.3 Å². The molecule has 1 saturated heterocycles. The molecule has 5 nitrogen and oxygen atoms in total. The molecule has 110 valence electrons. The third kappa shape index (κ3) is 6.57. The fraction of sp³-hybridized carbons (Fsp3) is 0.857. The molecule has 0 bridgehead atoms. The van der Waals surface area contributed by atoms with E-state index in [9.17, 15) is 9.59 Å². The Labute approximate surface area is 115 Å². The average molecular weight is 270 g/mol. The van der Waals surface area contributed by atoms with Gasteiger partial charge in [-0.05, 0) is 32.2 Å². The molecule has 0 spiro atoms. The van der Waals surface area contributed by atoms with Gasteiger partial charge in [0.15, 0.2) is 0 Å². The Kier molecular flexibility index (Phi) is 7.48. The first-order valence-electron chi connectivity index (χ1n) is 7.39. The number of hydrogen-bond acceptors (Lipinski definition) is 3. The van der Waals surface area contributed by atoms with Crippen LogP contribution in [0, 0.1) is 0 Å². The predicted octanol–water partition coefficient (Wildman–Crippen LogP) is 1.67. The van der Waals surface area contributed by atoms with Gasteiger partial charge in [-0.2, -0.15) is 0 Å². The van der Waals surface area contributed by atoms with Gasteiger partial charge < -0.3 is 15.7 Å². The molecule has 1 rings (SSSR count). The van der Waals surface area contributed by atoms with Crippen LogP contribution in [0.4, 0.5) is 0 Å². The maximum atomic E-state index is 11.8. The first-order valence-corrected chi connectivity index (χ1v) is 7.39. The lowest BCUT2D eigenvalue weighted by atomic mass is 10.0. The fourth-order valence-corrected chi connectivity index (χ4v) is 2.41. The van der Waals surface area contributed by atoms with Gasteiger partial charge in [0.05, 0.1) is 0 Å². The van der Waals surface area contributed by atoms with Gasteiger partial charge in [0.2, 0.25) is 5.91 Å².